The summed E-state index contributed by atoms with van der Waals surface area (Å²) in [4.78, 5) is 2.37. The van der Waals surface area contributed by atoms with Crippen molar-refractivity contribution in [3.63, 3.8) is 0 Å². The zero-order chi connectivity index (χ0) is 46.5. The minimum atomic E-state index is -0.318. The monoisotopic (exact) mass is 855 g/mol. The fourth-order valence-corrected chi connectivity index (χ4v) is 12.2. The summed E-state index contributed by atoms with van der Waals surface area (Å²) in [5.41, 5.74) is 14.7. The zero-order valence-electron chi connectivity index (χ0n) is 40.0. The topological polar surface area (TPSA) is 3.24 Å². The van der Waals surface area contributed by atoms with Gasteiger partial charge in [-0.2, -0.15) is 0 Å². The molecule has 0 bridgehead atoms. The van der Waals surface area contributed by atoms with Gasteiger partial charge < -0.3 is 4.90 Å². The third kappa shape index (κ3) is 5.43. The molecule has 12 aromatic rings. The number of fused-ring (bicyclic) bond motifs is 4. The highest BCUT2D eigenvalue weighted by atomic mass is 15.1. The Balaban J connectivity index is 0.879. The number of anilines is 3. The quantitative estimate of drug-likeness (QED) is 0.119. The molecule has 316 valence electrons. The number of hydrogen-bond donors (Lipinski definition) is 0. The van der Waals surface area contributed by atoms with E-state index in [1.165, 1.54) is 93.0 Å². The lowest BCUT2D eigenvalue weighted by molar-refractivity contribution is 0.660. The lowest BCUT2D eigenvalue weighted by atomic mass is 9.79. The summed E-state index contributed by atoms with van der Waals surface area (Å²) in [6.45, 7) is 9.35. The summed E-state index contributed by atoms with van der Waals surface area (Å²) in [6, 6.07) is 73.1. The van der Waals surface area contributed by atoms with Crippen molar-refractivity contribution in [3.05, 3.63) is 234 Å². The van der Waals surface area contributed by atoms with Crippen molar-refractivity contribution in [2.75, 3.05) is 4.90 Å². The SMILES string of the molecule is [2H]/C(=C(/[2H])c1ccc(N(c2ccccc2)c2ccc3ccc4cccc5ccc2c3c45)c2ccccc12)c1cc2c3c(ccc4cc(-c5ccc6c(c5)C(C)(C)c5ccccc5-6)cc(c43)C2(C)C)c1. The van der Waals surface area contributed by atoms with Gasteiger partial charge in [0.25, 0.3) is 0 Å². The van der Waals surface area contributed by atoms with E-state index in [1.807, 2.05) is 6.07 Å². The van der Waals surface area contributed by atoms with Gasteiger partial charge in [-0.3, -0.25) is 0 Å². The van der Waals surface area contributed by atoms with Crippen LogP contribution in [0.4, 0.5) is 17.1 Å². The molecule has 67 heavy (non-hydrogen) atoms. The van der Waals surface area contributed by atoms with E-state index >= 15 is 0 Å². The van der Waals surface area contributed by atoms with Gasteiger partial charge in [-0.15, -0.1) is 0 Å². The molecule has 0 heterocycles. The molecule has 0 fully saturated rings. The highest BCUT2D eigenvalue weighted by molar-refractivity contribution is 6.26. The largest absolute Gasteiger partial charge is 0.309 e. The molecule has 0 amide bonds. The molecule has 1 nitrogen and oxygen atoms in total. The van der Waals surface area contributed by atoms with Crippen molar-refractivity contribution in [1.29, 1.82) is 0 Å². The van der Waals surface area contributed by atoms with Crippen LogP contribution in [0.5, 0.6) is 0 Å². The summed E-state index contributed by atoms with van der Waals surface area (Å²) < 4.78 is 19.7. The van der Waals surface area contributed by atoms with E-state index in [2.05, 4.69) is 227 Å². The first-order valence-corrected chi connectivity index (χ1v) is 23.6. The van der Waals surface area contributed by atoms with Gasteiger partial charge in [-0.05, 0) is 158 Å². The molecule has 0 saturated carbocycles. The maximum atomic E-state index is 9.84. The third-order valence-corrected chi connectivity index (χ3v) is 15.5. The van der Waals surface area contributed by atoms with Crippen molar-refractivity contribution < 1.29 is 2.74 Å². The molecule has 14 rings (SSSR count). The van der Waals surface area contributed by atoms with Gasteiger partial charge in [0.15, 0.2) is 0 Å². The molecule has 0 atom stereocenters. The van der Waals surface area contributed by atoms with Gasteiger partial charge in [-0.1, -0.05) is 191 Å². The van der Waals surface area contributed by atoms with Crippen LogP contribution in [-0.2, 0) is 10.8 Å². The Morgan fingerprint density at radius 1 is 0.373 bits per heavy atom. The van der Waals surface area contributed by atoms with E-state index in [9.17, 15) is 2.74 Å². The predicted octanol–water partition coefficient (Wildman–Crippen LogP) is 18.3. The predicted molar refractivity (Wildman–Crippen MR) is 288 cm³/mol. The number of nitrogens with zero attached hydrogens (tertiary/aromatic N) is 1. The minimum absolute atomic E-state index is 0.0746. The van der Waals surface area contributed by atoms with Gasteiger partial charge >= 0.3 is 0 Å². The standard InChI is InChI=1S/C66H47N/c1-65(2)55-20-11-10-18-51(55)52-31-28-45(38-56(52)65)48-37-47-26-25-46-35-40(36-57-63(46)64(47)58(39-48)66(57,3)4)21-22-41-29-33-59(53-19-9-8-17-50(41)53)67(49-15-6-5-7-16-49)60-34-30-44-24-23-42-13-12-14-43-27-32-54(60)62(44)61(42)43/h5-39H,1-4H3/b22-21+/i21D,22D. The first kappa shape index (κ1) is 36.2. The Morgan fingerprint density at radius 3 is 1.79 bits per heavy atom. The maximum absolute atomic E-state index is 9.84. The molecule has 0 radical (unpaired) electrons. The average molecular weight is 856 g/mol. The Labute approximate surface area is 394 Å². The van der Waals surface area contributed by atoms with Crippen LogP contribution < -0.4 is 4.90 Å². The minimum Gasteiger partial charge on any atom is -0.309 e. The van der Waals surface area contributed by atoms with Crippen LogP contribution in [0.15, 0.2) is 200 Å². The average Bonchev–Trinajstić information content (AvgIpc) is 3.76. The zero-order valence-corrected chi connectivity index (χ0v) is 38.0. The molecule has 0 unspecified atom stereocenters. The normalized spacial score (nSPS) is 15.2. The van der Waals surface area contributed by atoms with Gasteiger partial charge in [-0.25, -0.2) is 0 Å². The number of benzene rings is 12. The summed E-state index contributed by atoms with van der Waals surface area (Å²) in [5, 5.41) is 14.3. The lowest BCUT2D eigenvalue weighted by Gasteiger charge is -2.29. The van der Waals surface area contributed by atoms with Crippen LogP contribution in [0.1, 0.15) is 63.8 Å². The van der Waals surface area contributed by atoms with Crippen LogP contribution in [0.3, 0.4) is 0 Å². The second kappa shape index (κ2) is 13.8. The van der Waals surface area contributed by atoms with Gasteiger partial charge in [0.2, 0.25) is 0 Å². The van der Waals surface area contributed by atoms with Crippen molar-refractivity contribution in [2.24, 2.45) is 0 Å². The van der Waals surface area contributed by atoms with E-state index in [0.29, 0.717) is 0 Å². The molecule has 12 aromatic carbocycles. The van der Waals surface area contributed by atoms with E-state index in [1.54, 1.807) is 0 Å². The third-order valence-electron chi connectivity index (χ3n) is 15.5. The van der Waals surface area contributed by atoms with Crippen molar-refractivity contribution in [3.8, 4) is 22.3 Å². The van der Waals surface area contributed by atoms with E-state index < -0.39 is 0 Å². The van der Waals surface area contributed by atoms with E-state index in [-0.39, 0.29) is 22.9 Å². The van der Waals surface area contributed by atoms with Crippen LogP contribution in [-0.4, -0.2) is 0 Å². The van der Waals surface area contributed by atoms with Crippen molar-refractivity contribution in [1.82, 2.24) is 0 Å². The number of rotatable bonds is 6. The smallest absolute Gasteiger partial charge is 0.0629 e. The first-order chi connectivity index (χ1) is 33.6. The number of hydrogen-bond acceptors (Lipinski definition) is 1. The molecule has 0 aliphatic heterocycles. The number of para-hydroxylation sites is 1. The van der Waals surface area contributed by atoms with E-state index in [4.69, 9.17) is 0 Å². The van der Waals surface area contributed by atoms with Crippen molar-refractivity contribution in [2.45, 2.75) is 38.5 Å². The fourth-order valence-electron chi connectivity index (χ4n) is 12.2. The Hall–Kier alpha value is -8.00. The lowest BCUT2D eigenvalue weighted by Crippen LogP contribution is -2.16. The molecule has 0 N–H and O–H groups in total. The van der Waals surface area contributed by atoms with E-state index in [0.717, 1.165) is 44.3 Å². The Bertz CT molecular complexity index is 4200. The molecular weight excluding hydrogens is 807 g/mol. The van der Waals surface area contributed by atoms with Crippen LogP contribution in [0, 0.1) is 0 Å². The highest BCUT2D eigenvalue weighted by Gasteiger charge is 2.37. The summed E-state index contributed by atoms with van der Waals surface area (Å²) >= 11 is 0. The summed E-state index contributed by atoms with van der Waals surface area (Å²) in [5.74, 6) is 0. The fraction of sp³-hybridized carbons (Fsp3) is 0.0909. The molecule has 0 saturated heterocycles. The summed E-state index contributed by atoms with van der Waals surface area (Å²) in [7, 11) is 0. The molecule has 0 aromatic heterocycles. The Morgan fingerprint density at radius 2 is 0.970 bits per heavy atom. The van der Waals surface area contributed by atoms with Crippen molar-refractivity contribution >= 4 is 93.8 Å². The second-order valence-electron chi connectivity index (χ2n) is 19.9. The van der Waals surface area contributed by atoms with Gasteiger partial charge in [0.05, 0.1) is 14.1 Å². The summed E-state index contributed by atoms with van der Waals surface area (Å²) in [6.07, 6.45) is 0. The highest BCUT2D eigenvalue weighted by Crippen LogP contribution is 2.53. The molecule has 1 heteroatoms. The van der Waals surface area contributed by atoms with Crippen LogP contribution in [0.2, 0.25) is 0 Å². The Kier molecular flexibility index (Phi) is 7.45. The molecule has 2 aliphatic rings. The van der Waals surface area contributed by atoms with Gasteiger partial charge in [0.1, 0.15) is 0 Å². The second-order valence-corrected chi connectivity index (χ2v) is 19.9. The van der Waals surface area contributed by atoms with Crippen LogP contribution >= 0.6 is 0 Å². The molecule has 2 aliphatic carbocycles. The maximum Gasteiger partial charge on any atom is 0.0629 e. The van der Waals surface area contributed by atoms with Gasteiger partial charge in [0, 0.05) is 27.3 Å². The van der Waals surface area contributed by atoms with Crippen LogP contribution in [0.25, 0.3) is 99.0 Å². The molecular formula is C66H47N. The first-order valence-electron chi connectivity index (χ1n) is 24.6. The molecule has 0 spiro atoms.